The Labute approximate surface area is 146 Å². The number of benzene rings is 1. The van der Waals surface area contributed by atoms with Crippen LogP contribution in [0.4, 0.5) is 11.5 Å². The van der Waals surface area contributed by atoms with Crippen molar-refractivity contribution >= 4 is 27.2 Å². The summed E-state index contributed by atoms with van der Waals surface area (Å²) in [5.41, 5.74) is 3.13. The van der Waals surface area contributed by atoms with Crippen LogP contribution in [0.3, 0.4) is 0 Å². The van der Waals surface area contributed by atoms with Crippen molar-refractivity contribution in [1.29, 1.82) is 0 Å². The van der Waals surface area contributed by atoms with E-state index in [0.717, 1.165) is 41.3 Å². The van der Waals surface area contributed by atoms with Gasteiger partial charge in [-0.1, -0.05) is 12.1 Å². The van der Waals surface area contributed by atoms with Crippen molar-refractivity contribution in [3.8, 4) is 11.1 Å². The molecule has 130 valence electrons. The molecule has 25 heavy (non-hydrogen) atoms. The molecule has 2 aromatic heterocycles. The maximum Gasteiger partial charge on any atom is 0.229 e. The number of nitrogens with zero attached hydrogens (tertiary/aromatic N) is 3. The standard InChI is InChI=1S/C17H19N5O2S/c1-25(23,24)21-14-6-4-13(5-7-14)15-11-19-22-9-8-16(20-17(15)22)18-10-12-2-3-12/h4-9,11-12,21H,2-3,10H2,1H3,(H,18,20). The Kier molecular flexibility index (Phi) is 3.84. The van der Waals surface area contributed by atoms with E-state index < -0.39 is 10.0 Å². The monoisotopic (exact) mass is 357 g/mol. The van der Waals surface area contributed by atoms with Crippen molar-refractivity contribution in [3.05, 3.63) is 42.7 Å². The number of hydrogen-bond acceptors (Lipinski definition) is 5. The van der Waals surface area contributed by atoms with E-state index in [0.29, 0.717) is 5.69 Å². The van der Waals surface area contributed by atoms with E-state index in [-0.39, 0.29) is 0 Å². The Bertz CT molecular complexity index is 1010. The second kappa shape index (κ2) is 6.03. The largest absolute Gasteiger partial charge is 0.370 e. The summed E-state index contributed by atoms with van der Waals surface area (Å²) < 4.78 is 26.8. The van der Waals surface area contributed by atoms with Gasteiger partial charge in [0.2, 0.25) is 10.0 Å². The average molecular weight is 357 g/mol. The van der Waals surface area contributed by atoms with E-state index >= 15 is 0 Å². The van der Waals surface area contributed by atoms with Gasteiger partial charge in [-0.25, -0.2) is 17.9 Å². The summed E-state index contributed by atoms with van der Waals surface area (Å²) in [7, 11) is -3.28. The van der Waals surface area contributed by atoms with Crippen molar-refractivity contribution in [3.63, 3.8) is 0 Å². The normalized spacial score (nSPS) is 14.6. The van der Waals surface area contributed by atoms with Crippen molar-refractivity contribution in [1.82, 2.24) is 14.6 Å². The van der Waals surface area contributed by atoms with Crippen molar-refractivity contribution < 1.29 is 8.42 Å². The van der Waals surface area contributed by atoms with Crippen LogP contribution in [0.15, 0.2) is 42.7 Å². The summed E-state index contributed by atoms with van der Waals surface area (Å²) in [6.07, 6.45) is 7.38. The molecule has 0 atom stereocenters. The van der Waals surface area contributed by atoms with Crippen LogP contribution in [0, 0.1) is 5.92 Å². The molecule has 7 nitrogen and oxygen atoms in total. The van der Waals surface area contributed by atoms with Gasteiger partial charge in [-0.15, -0.1) is 0 Å². The molecule has 1 aromatic carbocycles. The number of anilines is 2. The first-order valence-corrected chi connectivity index (χ1v) is 10.0. The van der Waals surface area contributed by atoms with Crippen LogP contribution in [-0.2, 0) is 10.0 Å². The minimum Gasteiger partial charge on any atom is -0.370 e. The molecule has 1 aliphatic carbocycles. The van der Waals surface area contributed by atoms with E-state index in [1.54, 1.807) is 22.8 Å². The van der Waals surface area contributed by atoms with Crippen LogP contribution in [0.5, 0.6) is 0 Å². The number of aromatic nitrogens is 3. The highest BCUT2D eigenvalue weighted by Crippen LogP contribution is 2.29. The molecule has 0 radical (unpaired) electrons. The summed E-state index contributed by atoms with van der Waals surface area (Å²) in [4.78, 5) is 4.67. The molecule has 0 bridgehead atoms. The summed E-state index contributed by atoms with van der Waals surface area (Å²) in [6, 6.07) is 9.10. The molecule has 1 aliphatic rings. The van der Waals surface area contributed by atoms with E-state index in [1.165, 1.54) is 12.8 Å². The third-order valence-corrected chi connectivity index (χ3v) is 4.74. The zero-order valence-corrected chi connectivity index (χ0v) is 14.6. The fourth-order valence-corrected chi connectivity index (χ4v) is 3.24. The van der Waals surface area contributed by atoms with Crippen molar-refractivity contribution in [2.75, 3.05) is 22.8 Å². The minimum absolute atomic E-state index is 0.530. The highest BCUT2D eigenvalue weighted by molar-refractivity contribution is 7.92. The molecule has 8 heteroatoms. The Morgan fingerprint density at radius 2 is 1.96 bits per heavy atom. The average Bonchev–Trinajstić information content (AvgIpc) is 3.30. The van der Waals surface area contributed by atoms with E-state index in [1.807, 2.05) is 24.4 Å². The Morgan fingerprint density at radius 1 is 1.20 bits per heavy atom. The molecule has 0 amide bonds. The number of rotatable bonds is 6. The highest BCUT2D eigenvalue weighted by Gasteiger charge is 2.20. The third kappa shape index (κ3) is 3.74. The smallest absolute Gasteiger partial charge is 0.229 e. The molecule has 0 saturated heterocycles. The van der Waals surface area contributed by atoms with Gasteiger partial charge >= 0.3 is 0 Å². The molecule has 1 fully saturated rings. The summed E-state index contributed by atoms with van der Waals surface area (Å²) >= 11 is 0. The Balaban J connectivity index is 1.62. The molecule has 0 spiro atoms. The summed E-state index contributed by atoms with van der Waals surface area (Å²) in [6.45, 7) is 0.957. The quantitative estimate of drug-likeness (QED) is 0.708. The van der Waals surface area contributed by atoms with Crippen molar-refractivity contribution in [2.45, 2.75) is 12.8 Å². The zero-order valence-electron chi connectivity index (χ0n) is 13.8. The van der Waals surface area contributed by atoms with Gasteiger partial charge in [0.1, 0.15) is 5.82 Å². The van der Waals surface area contributed by atoms with Crippen LogP contribution in [-0.4, -0.2) is 35.8 Å². The molecule has 2 N–H and O–H groups in total. The lowest BCUT2D eigenvalue weighted by Gasteiger charge is -2.06. The maximum absolute atomic E-state index is 11.3. The third-order valence-electron chi connectivity index (χ3n) is 4.14. The zero-order chi connectivity index (χ0) is 17.4. The molecular weight excluding hydrogens is 338 g/mol. The number of sulfonamides is 1. The first-order chi connectivity index (χ1) is 12.0. The summed E-state index contributed by atoms with van der Waals surface area (Å²) in [5.74, 6) is 1.62. The Hall–Kier alpha value is -2.61. The highest BCUT2D eigenvalue weighted by atomic mass is 32.2. The predicted molar refractivity (Wildman–Crippen MR) is 98.1 cm³/mol. The van der Waals surface area contributed by atoms with Gasteiger partial charge in [-0.3, -0.25) is 4.72 Å². The minimum atomic E-state index is -3.28. The molecule has 0 unspecified atom stereocenters. The summed E-state index contributed by atoms with van der Waals surface area (Å²) in [5, 5.41) is 7.71. The Morgan fingerprint density at radius 3 is 2.64 bits per heavy atom. The second-order valence-electron chi connectivity index (χ2n) is 6.42. The van der Waals surface area contributed by atoms with E-state index in [9.17, 15) is 8.42 Å². The lowest BCUT2D eigenvalue weighted by Crippen LogP contribution is -2.09. The molecule has 0 aliphatic heterocycles. The lowest BCUT2D eigenvalue weighted by molar-refractivity contribution is 0.607. The van der Waals surface area contributed by atoms with Crippen molar-refractivity contribution in [2.24, 2.45) is 5.92 Å². The van der Waals surface area contributed by atoms with Gasteiger partial charge in [-0.2, -0.15) is 5.10 Å². The fourth-order valence-electron chi connectivity index (χ4n) is 2.67. The van der Waals surface area contributed by atoms with Gasteiger partial charge in [0.25, 0.3) is 0 Å². The number of hydrogen-bond donors (Lipinski definition) is 2. The molecule has 3 aromatic rings. The van der Waals surface area contributed by atoms with Gasteiger partial charge in [-0.05, 0) is 42.5 Å². The molecular formula is C17H19N5O2S. The van der Waals surface area contributed by atoms with Crippen LogP contribution < -0.4 is 10.0 Å². The fraction of sp³-hybridized carbons (Fsp3) is 0.294. The van der Waals surface area contributed by atoms with Crippen LogP contribution in [0.1, 0.15) is 12.8 Å². The lowest BCUT2D eigenvalue weighted by atomic mass is 10.1. The van der Waals surface area contributed by atoms with E-state index in [4.69, 9.17) is 0 Å². The van der Waals surface area contributed by atoms with Gasteiger partial charge < -0.3 is 5.32 Å². The van der Waals surface area contributed by atoms with Crippen LogP contribution in [0.25, 0.3) is 16.8 Å². The van der Waals surface area contributed by atoms with Gasteiger partial charge in [0.15, 0.2) is 5.65 Å². The first-order valence-electron chi connectivity index (χ1n) is 8.14. The SMILES string of the molecule is CS(=O)(=O)Nc1ccc(-c2cnn3ccc(NCC4CC4)nc23)cc1. The number of fused-ring (bicyclic) bond motifs is 1. The van der Waals surface area contributed by atoms with Crippen LogP contribution >= 0.6 is 0 Å². The molecule has 2 heterocycles. The maximum atomic E-state index is 11.3. The molecule has 4 rings (SSSR count). The topological polar surface area (TPSA) is 88.4 Å². The van der Waals surface area contributed by atoms with Gasteiger partial charge in [0.05, 0.1) is 12.5 Å². The van der Waals surface area contributed by atoms with Gasteiger partial charge in [0, 0.05) is 24.0 Å². The predicted octanol–water partition coefficient (Wildman–Crippen LogP) is 2.59. The second-order valence-corrected chi connectivity index (χ2v) is 8.16. The van der Waals surface area contributed by atoms with Crippen LogP contribution in [0.2, 0.25) is 0 Å². The number of nitrogens with one attached hydrogen (secondary N) is 2. The van der Waals surface area contributed by atoms with E-state index in [2.05, 4.69) is 20.1 Å². The first kappa shape index (κ1) is 15.9. The molecule has 1 saturated carbocycles.